The molecule has 1 aliphatic rings. The van der Waals surface area contributed by atoms with Gasteiger partial charge in [-0.25, -0.2) is 0 Å². The highest BCUT2D eigenvalue weighted by Gasteiger charge is 2.31. The summed E-state index contributed by atoms with van der Waals surface area (Å²) in [4.78, 5) is 2.54. The predicted molar refractivity (Wildman–Crippen MR) is 69.9 cm³/mol. The van der Waals surface area contributed by atoms with Gasteiger partial charge in [-0.2, -0.15) is 0 Å². The van der Waals surface area contributed by atoms with Gasteiger partial charge in [-0.05, 0) is 31.9 Å². The Morgan fingerprint density at radius 3 is 2.76 bits per heavy atom. The predicted octanol–water partition coefficient (Wildman–Crippen LogP) is 2.66. The summed E-state index contributed by atoms with van der Waals surface area (Å²) in [6.07, 6.45) is 1.76. The molecule has 1 aromatic heterocycles. The van der Waals surface area contributed by atoms with E-state index in [2.05, 4.69) is 44.0 Å². The number of nitrogens with zero attached hydrogens (tertiary/aromatic N) is 1. The Labute approximate surface area is 104 Å². The number of hydrogen-bond acceptors (Lipinski definition) is 3. The van der Waals surface area contributed by atoms with Gasteiger partial charge in [-0.15, -0.1) is 0 Å². The van der Waals surface area contributed by atoms with Crippen LogP contribution in [0.2, 0.25) is 0 Å². The lowest BCUT2D eigenvalue weighted by Crippen LogP contribution is -2.57. The Morgan fingerprint density at radius 1 is 1.41 bits per heavy atom. The highest BCUT2D eigenvalue weighted by molar-refractivity contribution is 5.05. The van der Waals surface area contributed by atoms with Crippen LogP contribution in [0.15, 0.2) is 22.8 Å². The molecule has 3 atom stereocenters. The second-order valence-corrected chi connectivity index (χ2v) is 5.50. The molecule has 17 heavy (non-hydrogen) atoms. The maximum Gasteiger partial charge on any atom is 0.120 e. The molecule has 0 radical (unpaired) electrons. The fraction of sp³-hybridized carbons (Fsp3) is 0.714. The highest BCUT2D eigenvalue weighted by atomic mass is 16.3. The van der Waals surface area contributed by atoms with Gasteiger partial charge in [0.2, 0.25) is 0 Å². The van der Waals surface area contributed by atoms with Gasteiger partial charge >= 0.3 is 0 Å². The lowest BCUT2D eigenvalue weighted by Gasteiger charge is -2.43. The fourth-order valence-electron chi connectivity index (χ4n) is 2.59. The van der Waals surface area contributed by atoms with Crippen LogP contribution in [0.4, 0.5) is 0 Å². The number of nitrogens with one attached hydrogen (secondary N) is 1. The first-order chi connectivity index (χ1) is 8.09. The fourth-order valence-corrected chi connectivity index (χ4v) is 2.59. The van der Waals surface area contributed by atoms with Crippen LogP contribution in [-0.2, 0) is 0 Å². The van der Waals surface area contributed by atoms with Crippen molar-refractivity contribution in [3.63, 3.8) is 0 Å². The third-order valence-electron chi connectivity index (χ3n) is 3.91. The van der Waals surface area contributed by atoms with E-state index in [-0.39, 0.29) is 0 Å². The number of piperazine rings is 1. The van der Waals surface area contributed by atoms with E-state index >= 15 is 0 Å². The molecule has 0 amide bonds. The molecule has 0 saturated carbocycles. The number of rotatable bonds is 3. The normalized spacial score (nSPS) is 28.5. The van der Waals surface area contributed by atoms with E-state index < -0.39 is 0 Å². The van der Waals surface area contributed by atoms with Crippen LogP contribution in [0.5, 0.6) is 0 Å². The van der Waals surface area contributed by atoms with Crippen molar-refractivity contribution in [3.05, 3.63) is 24.2 Å². The molecule has 1 N–H and O–H groups in total. The Hall–Kier alpha value is -0.800. The molecule has 0 bridgehead atoms. The molecule has 3 nitrogen and oxygen atoms in total. The van der Waals surface area contributed by atoms with E-state index in [0.717, 1.165) is 18.8 Å². The molecule has 3 unspecified atom stereocenters. The van der Waals surface area contributed by atoms with E-state index in [1.54, 1.807) is 6.26 Å². The maximum atomic E-state index is 5.53. The van der Waals surface area contributed by atoms with Gasteiger partial charge in [-0.1, -0.05) is 13.8 Å². The third kappa shape index (κ3) is 2.72. The maximum absolute atomic E-state index is 5.53. The van der Waals surface area contributed by atoms with Crippen LogP contribution in [-0.4, -0.2) is 30.1 Å². The van der Waals surface area contributed by atoms with Crippen molar-refractivity contribution in [2.45, 2.75) is 45.8 Å². The lowest BCUT2D eigenvalue weighted by atomic mass is 9.98. The van der Waals surface area contributed by atoms with Gasteiger partial charge in [0.25, 0.3) is 0 Å². The minimum absolute atomic E-state index is 0.364. The zero-order valence-electron chi connectivity index (χ0n) is 11.3. The average molecular weight is 236 g/mol. The van der Waals surface area contributed by atoms with Crippen LogP contribution in [0.3, 0.4) is 0 Å². The summed E-state index contributed by atoms with van der Waals surface area (Å²) in [7, 11) is 0. The SMILES string of the molecule is CC(C)C1CN(C(C)c2ccco2)C(C)CN1. The van der Waals surface area contributed by atoms with Crippen LogP contribution in [0, 0.1) is 5.92 Å². The van der Waals surface area contributed by atoms with Crippen molar-refractivity contribution in [2.24, 2.45) is 5.92 Å². The van der Waals surface area contributed by atoms with E-state index in [9.17, 15) is 0 Å². The summed E-state index contributed by atoms with van der Waals surface area (Å²) in [6.45, 7) is 11.2. The molecule has 1 aliphatic heterocycles. The Kier molecular flexibility index (Phi) is 3.89. The van der Waals surface area contributed by atoms with E-state index in [1.165, 1.54) is 0 Å². The minimum atomic E-state index is 0.364. The summed E-state index contributed by atoms with van der Waals surface area (Å²) in [6, 6.07) is 5.56. The molecular weight excluding hydrogens is 212 g/mol. The molecule has 96 valence electrons. The Balaban J connectivity index is 2.07. The summed E-state index contributed by atoms with van der Waals surface area (Å²) in [5, 5.41) is 3.63. The largest absolute Gasteiger partial charge is 0.468 e. The zero-order valence-corrected chi connectivity index (χ0v) is 11.3. The molecule has 0 aromatic carbocycles. The molecule has 1 fully saturated rings. The smallest absolute Gasteiger partial charge is 0.120 e. The van der Waals surface area contributed by atoms with Crippen molar-refractivity contribution in [3.8, 4) is 0 Å². The first kappa shape index (κ1) is 12.7. The Morgan fingerprint density at radius 2 is 2.18 bits per heavy atom. The van der Waals surface area contributed by atoms with E-state index in [1.807, 2.05) is 6.07 Å². The molecule has 0 aliphatic carbocycles. The number of hydrogen-bond donors (Lipinski definition) is 1. The first-order valence-corrected chi connectivity index (χ1v) is 6.62. The minimum Gasteiger partial charge on any atom is -0.468 e. The van der Waals surface area contributed by atoms with Crippen molar-refractivity contribution in [2.75, 3.05) is 13.1 Å². The third-order valence-corrected chi connectivity index (χ3v) is 3.91. The molecule has 1 saturated heterocycles. The monoisotopic (exact) mass is 236 g/mol. The van der Waals surface area contributed by atoms with E-state index in [4.69, 9.17) is 4.42 Å². The molecule has 3 heteroatoms. The summed E-state index contributed by atoms with van der Waals surface area (Å²) >= 11 is 0. The van der Waals surface area contributed by atoms with Crippen LogP contribution < -0.4 is 5.32 Å². The van der Waals surface area contributed by atoms with Crippen LogP contribution in [0.1, 0.15) is 39.5 Å². The quantitative estimate of drug-likeness (QED) is 0.874. The average Bonchev–Trinajstić information content (AvgIpc) is 2.81. The molecule has 0 spiro atoms. The highest BCUT2D eigenvalue weighted by Crippen LogP contribution is 2.25. The van der Waals surface area contributed by atoms with Crippen LogP contribution >= 0.6 is 0 Å². The summed E-state index contributed by atoms with van der Waals surface area (Å²) in [5.74, 6) is 1.75. The molecule has 2 rings (SSSR count). The second-order valence-electron chi connectivity index (χ2n) is 5.50. The van der Waals surface area contributed by atoms with Gasteiger partial charge in [0, 0.05) is 25.2 Å². The standard InChI is InChI=1S/C14H24N2O/c1-10(2)13-9-16(11(3)8-15-13)12(4)14-6-5-7-17-14/h5-7,10-13,15H,8-9H2,1-4H3. The molecular formula is C14H24N2O. The van der Waals surface area contributed by atoms with Gasteiger partial charge < -0.3 is 9.73 Å². The van der Waals surface area contributed by atoms with Crippen LogP contribution in [0.25, 0.3) is 0 Å². The zero-order chi connectivity index (χ0) is 12.4. The van der Waals surface area contributed by atoms with Crippen molar-refractivity contribution in [1.82, 2.24) is 10.2 Å². The van der Waals surface area contributed by atoms with Gasteiger partial charge in [0.05, 0.1) is 12.3 Å². The van der Waals surface area contributed by atoms with Crippen molar-refractivity contribution >= 4 is 0 Å². The Bertz CT molecular complexity index is 334. The van der Waals surface area contributed by atoms with Gasteiger partial charge in [-0.3, -0.25) is 4.90 Å². The van der Waals surface area contributed by atoms with Crippen molar-refractivity contribution in [1.29, 1.82) is 0 Å². The van der Waals surface area contributed by atoms with Gasteiger partial charge in [0.1, 0.15) is 5.76 Å². The summed E-state index contributed by atoms with van der Waals surface area (Å²) in [5.41, 5.74) is 0. The molecule has 2 heterocycles. The number of furan rings is 1. The first-order valence-electron chi connectivity index (χ1n) is 6.62. The van der Waals surface area contributed by atoms with E-state index in [0.29, 0.717) is 24.0 Å². The van der Waals surface area contributed by atoms with Gasteiger partial charge in [0.15, 0.2) is 0 Å². The molecule has 1 aromatic rings. The summed E-state index contributed by atoms with van der Waals surface area (Å²) < 4.78 is 5.53. The topological polar surface area (TPSA) is 28.4 Å². The lowest BCUT2D eigenvalue weighted by molar-refractivity contribution is 0.0755. The van der Waals surface area contributed by atoms with Crippen molar-refractivity contribution < 1.29 is 4.42 Å². The second kappa shape index (κ2) is 5.23.